The van der Waals surface area contributed by atoms with E-state index in [1.54, 1.807) is 24.9 Å². The van der Waals surface area contributed by atoms with E-state index in [0.717, 1.165) is 6.07 Å². The first-order valence-electron chi connectivity index (χ1n) is 14.1. The SMILES string of the molecule is CNC[C@@H]1CCc2nc(N[C@H](C)c3cccc(C(F)F)c3F)c3cc(C4(O)CCN(C(C)=O)CC4)c(=O)n(C)c3c2O1. The van der Waals surface area contributed by atoms with Gasteiger partial charge in [0.1, 0.15) is 17.7 Å². The summed E-state index contributed by atoms with van der Waals surface area (Å²) < 4.78 is 49.7. The number of carbonyl (C=O) groups excluding carboxylic acids is 1. The number of anilines is 1. The van der Waals surface area contributed by atoms with Gasteiger partial charge in [0.25, 0.3) is 12.0 Å². The Labute approximate surface area is 241 Å². The van der Waals surface area contributed by atoms with Crippen LogP contribution < -0.4 is 20.9 Å². The summed E-state index contributed by atoms with van der Waals surface area (Å²) >= 11 is 0. The summed E-state index contributed by atoms with van der Waals surface area (Å²) in [4.78, 5) is 32.1. The molecule has 9 nitrogen and oxygen atoms in total. The van der Waals surface area contributed by atoms with Gasteiger partial charge in [0.2, 0.25) is 5.91 Å². The molecule has 226 valence electrons. The zero-order chi connectivity index (χ0) is 30.3. The van der Waals surface area contributed by atoms with Crippen molar-refractivity contribution in [2.75, 3.05) is 32.0 Å². The lowest BCUT2D eigenvalue weighted by molar-refractivity contribution is -0.133. The van der Waals surface area contributed by atoms with Crippen LogP contribution in [-0.2, 0) is 23.9 Å². The number of benzene rings is 1. The maximum absolute atomic E-state index is 15.1. The van der Waals surface area contributed by atoms with E-state index in [9.17, 15) is 23.5 Å². The van der Waals surface area contributed by atoms with Gasteiger partial charge in [0.15, 0.2) is 5.75 Å². The predicted molar refractivity (Wildman–Crippen MR) is 152 cm³/mol. The van der Waals surface area contributed by atoms with E-state index < -0.39 is 35.0 Å². The minimum Gasteiger partial charge on any atom is -0.485 e. The molecule has 12 heteroatoms. The van der Waals surface area contributed by atoms with Crippen molar-refractivity contribution in [3.8, 4) is 5.75 Å². The lowest BCUT2D eigenvalue weighted by atomic mass is 9.84. The van der Waals surface area contributed by atoms with Crippen molar-refractivity contribution < 1.29 is 27.8 Å². The van der Waals surface area contributed by atoms with Crippen LogP contribution in [0.2, 0.25) is 0 Å². The number of ether oxygens (including phenoxy) is 1. The molecule has 2 aromatic heterocycles. The van der Waals surface area contributed by atoms with Gasteiger partial charge in [-0.1, -0.05) is 18.2 Å². The number of fused-ring (bicyclic) bond motifs is 3. The second kappa shape index (κ2) is 11.6. The number of carbonyl (C=O) groups is 1. The molecule has 1 fully saturated rings. The molecule has 0 unspecified atom stereocenters. The van der Waals surface area contributed by atoms with Gasteiger partial charge >= 0.3 is 0 Å². The van der Waals surface area contributed by atoms with Gasteiger partial charge in [-0.05, 0) is 45.7 Å². The van der Waals surface area contributed by atoms with Crippen LogP contribution in [0.25, 0.3) is 10.9 Å². The molecule has 2 aliphatic rings. The van der Waals surface area contributed by atoms with Crippen molar-refractivity contribution in [2.24, 2.45) is 7.05 Å². The zero-order valence-electron chi connectivity index (χ0n) is 24.1. The maximum atomic E-state index is 15.1. The number of likely N-dealkylation sites (tertiary alicyclic amines) is 1. The van der Waals surface area contributed by atoms with Crippen LogP contribution in [0.5, 0.6) is 5.75 Å². The van der Waals surface area contributed by atoms with E-state index in [-0.39, 0.29) is 36.0 Å². The molecule has 2 atom stereocenters. The lowest BCUT2D eigenvalue weighted by Gasteiger charge is -2.38. The zero-order valence-corrected chi connectivity index (χ0v) is 24.1. The summed E-state index contributed by atoms with van der Waals surface area (Å²) in [6.07, 6.45) is -1.50. The number of halogens is 3. The first kappa shape index (κ1) is 29.8. The molecule has 5 rings (SSSR count). The number of aryl methyl sites for hydroxylation is 2. The summed E-state index contributed by atoms with van der Waals surface area (Å²) in [6.45, 7) is 4.30. The van der Waals surface area contributed by atoms with Gasteiger partial charge in [-0.3, -0.25) is 9.59 Å². The smallest absolute Gasteiger partial charge is 0.266 e. The minimum atomic E-state index is -2.96. The van der Waals surface area contributed by atoms with Crippen LogP contribution >= 0.6 is 0 Å². The number of likely N-dealkylation sites (N-methyl/N-ethyl adjacent to an activating group) is 1. The molecule has 0 aliphatic carbocycles. The van der Waals surface area contributed by atoms with Crippen molar-refractivity contribution in [3.05, 3.63) is 62.8 Å². The van der Waals surface area contributed by atoms with E-state index in [1.807, 2.05) is 7.05 Å². The largest absolute Gasteiger partial charge is 0.485 e. The first-order valence-corrected chi connectivity index (χ1v) is 14.1. The van der Waals surface area contributed by atoms with Crippen molar-refractivity contribution >= 4 is 22.6 Å². The molecular weight excluding hydrogens is 551 g/mol. The number of nitrogens with zero attached hydrogens (tertiary/aromatic N) is 3. The van der Waals surface area contributed by atoms with Crippen LogP contribution in [-0.4, -0.2) is 58.3 Å². The number of alkyl halides is 2. The molecule has 4 heterocycles. The number of rotatable bonds is 7. The number of aromatic nitrogens is 2. The summed E-state index contributed by atoms with van der Waals surface area (Å²) in [6, 6.07) is 4.72. The molecule has 1 aromatic carbocycles. The molecule has 0 saturated carbocycles. The van der Waals surface area contributed by atoms with Crippen molar-refractivity contribution in [1.29, 1.82) is 0 Å². The highest BCUT2D eigenvalue weighted by atomic mass is 19.3. The van der Waals surface area contributed by atoms with Crippen molar-refractivity contribution in [1.82, 2.24) is 19.8 Å². The summed E-state index contributed by atoms with van der Waals surface area (Å²) in [5.74, 6) is -0.315. The number of aliphatic hydroxyl groups is 1. The average Bonchev–Trinajstić information content (AvgIpc) is 2.95. The van der Waals surface area contributed by atoms with Crippen molar-refractivity contribution in [2.45, 2.75) is 63.7 Å². The van der Waals surface area contributed by atoms with E-state index in [2.05, 4.69) is 10.6 Å². The number of hydrogen-bond acceptors (Lipinski definition) is 7. The fraction of sp³-hybridized carbons (Fsp3) is 0.500. The molecule has 3 aromatic rings. The molecule has 42 heavy (non-hydrogen) atoms. The number of hydrogen-bond donors (Lipinski definition) is 3. The first-order chi connectivity index (χ1) is 19.9. The van der Waals surface area contributed by atoms with Crippen LogP contribution in [0.15, 0.2) is 29.1 Å². The normalized spacial score (nSPS) is 19.0. The quantitative estimate of drug-likeness (QED) is 0.385. The van der Waals surface area contributed by atoms with Gasteiger partial charge in [0.05, 0.1) is 28.4 Å². The highest BCUT2D eigenvalue weighted by molar-refractivity contribution is 5.95. The molecule has 0 bridgehead atoms. The highest BCUT2D eigenvalue weighted by Crippen LogP contribution is 2.40. The maximum Gasteiger partial charge on any atom is 0.266 e. The Morgan fingerprint density at radius 1 is 1.26 bits per heavy atom. The Hall–Kier alpha value is -3.64. The van der Waals surface area contributed by atoms with Crippen LogP contribution in [0, 0.1) is 5.82 Å². The summed E-state index contributed by atoms with van der Waals surface area (Å²) in [5.41, 5.74) is -1.28. The minimum absolute atomic E-state index is 0.0473. The molecule has 1 saturated heterocycles. The molecular formula is C30H36F3N5O4. The van der Waals surface area contributed by atoms with Gasteiger partial charge in [-0.2, -0.15) is 0 Å². The van der Waals surface area contributed by atoms with Gasteiger partial charge < -0.3 is 29.9 Å². The molecule has 1 amide bonds. The topological polar surface area (TPSA) is 109 Å². The Bertz CT molecular complexity index is 1570. The Morgan fingerprint density at radius 2 is 1.95 bits per heavy atom. The molecule has 0 spiro atoms. The summed E-state index contributed by atoms with van der Waals surface area (Å²) in [7, 11) is 3.43. The van der Waals surface area contributed by atoms with Gasteiger partial charge in [0, 0.05) is 50.1 Å². The number of piperidine rings is 1. The predicted octanol–water partition coefficient (Wildman–Crippen LogP) is 3.93. The molecule has 0 radical (unpaired) electrons. The van der Waals surface area contributed by atoms with Gasteiger partial charge in [-0.25, -0.2) is 18.2 Å². The fourth-order valence-corrected chi connectivity index (χ4v) is 6.02. The average molecular weight is 588 g/mol. The standard InChI is InChI=1S/C30H36F3N5O4/c1-16(19-6-5-7-20(24(19)31)27(32)33)35-28-21-14-22(30(41)10-12-38(13-11-30)17(2)39)29(40)37(4)25(21)26-23(36-28)9-8-18(42-26)15-34-3/h5-7,14,16,18,27,34,41H,8-13,15H2,1-4H3,(H,35,36)/t16-,18+/m1/s1. The molecule has 2 aliphatic heterocycles. The molecule has 3 N–H and O–H groups in total. The van der Waals surface area contributed by atoms with Crippen LogP contribution in [0.1, 0.15) is 68.0 Å². The second-order valence-corrected chi connectivity index (χ2v) is 11.2. The van der Waals surface area contributed by atoms with Crippen LogP contribution in [0.4, 0.5) is 19.0 Å². The highest BCUT2D eigenvalue weighted by Gasteiger charge is 2.38. The third-order valence-corrected chi connectivity index (χ3v) is 8.46. The fourth-order valence-electron chi connectivity index (χ4n) is 6.02. The Balaban J connectivity index is 1.65. The summed E-state index contributed by atoms with van der Waals surface area (Å²) in [5, 5.41) is 18.4. The second-order valence-electron chi connectivity index (χ2n) is 11.2. The van der Waals surface area contributed by atoms with Crippen molar-refractivity contribution in [3.63, 3.8) is 0 Å². The lowest BCUT2D eigenvalue weighted by Crippen LogP contribution is -2.47. The van der Waals surface area contributed by atoms with Crippen LogP contribution in [0.3, 0.4) is 0 Å². The number of nitrogens with one attached hydrogen (secondary N) is 2. The van der Waals surface area contributed by atoms with Gasteiger partial charge in [-0.15, -0.1) is 0 Å². The van der Waals surface area contributed by atoms with E-state index in [0.29, 0.717) is 60.6 Å². The Kier molecular flexibility index (Phi) is 8.21. The third-order valence-electron chi connectivity index (χ3n) is 8.46. The number of amides is 1. The van der Waals surface area contributed by atoms with E-state index in [4.69, 9.17) is 9.72 Å². The number of pyridine rings is 2. The van der Waals surface area contributed by atoms with E-state index in [1.165, 1.54) is 23.6 Å². The monoisotopic (exact) mass is 587 g/mol. The van der Waals surface area contributed by atoms with E-state index >= 15 is 4.39 Å². The Morgan fingerprint density at radius 3 is 2.60 bits per heavy atom. The third kappa shape index (κ3) is 5.33.